The highest BCUT2D eigenvalue weighted by Crippen LogP contribution is 2.28. The van der Waals surface area contributed by atoms with Crippen molar-refractivity contribution in [1.82, 2.24) is 20.0 Å². The van der Waals surface area contributed by atoms with E-state index in [1.807, 2.05) is 73.3 Å². The molecule has 1 N–H and O–H groups in total. The zero-order valence-electron chi connectivity index (χ0n) is 19.0. The Labute approximate surface area is 198 Å². The van der Waals surface area contributed by atoms with Crippen LogP contribution < -0.4 is 5.32 Å². The predicted molar refractivity (Wildman–Crippen MR) is 131 cm³/mol. The van der Waals surface area contributed by atoms with Crippen molar-refractivity contribution in [2.45, 2.75) is 26.2 Å². The van der Waals surface area contributed by atoms with E-state index in [1.54, 1.807) is 0 Å². The number of rotatable bonds is 7. The standard InChI is InChI=1S/C25H29N5O2S/c1-3-20(19-10-5-4-6-11-19)24(32)30-15-13-29(14-16-30)17-22(31)26-25-28-27-23(33-25)21-12-8-7-9-18(21)2/h4-12,20H,3,13-17H2,1-2H3,(H,26,28,31). The van der Waals surface area contributed by atoms with Crippen molar-refractivity contribution < 1.29 is 9.59 Å². The van der Waals surface area contributed by atoms with Crippen LogP contribution in [-0.2, 0) is 9.59 Å². The highest BCUT2D eigenvalue weighted by Gasteiger charge is 2.28. The number of amides is 2. The van der Waals surface area contributed by atoms with Crippen LogP contribution in [0.15, 0.2) is 54.6 Å². The Balaban J connectivity index is 1.27. The molecule has 172 valence electrons. The molecular weight excluding hydrogens is 434 g/mol. The number of piperazine rings is 1. The summed E-state index contributed by atoms with van der Waals surface area (Å²) in [6.45, 7) is 6.97. The van der Waals surface area contributed by atoms with Crippen LogP contribution >= 0.6 is 11.3 Å². The van der Waals surface area contributed by atoms with Crippen LogP contribution in [0, 0.1) is 6.92 Å². The van der Waals surface area contributed by atoms with Crippen molar-refractivity contribution in [2.24, 2.45) is 0 Å². The third-order valence-electron chi connectivity index (χ3n) is 6.01. The van der Waals surface area contributed by atoms with Gasteiger partial charge in [-0.2, -0.15) is 0 Å². The fourth-order valence-electron chi connectivity index (χ4n) is 4.14. The van der Waals surface area contributed by atoms with Crippen LogP contribution in [0.25, 0.3) is 10.6 Å². The minimum Gasteiger partial charge on any atom is -0.340 e. The van der Waals surface area contributed by atoms with Gasteiger partial charge in [0.05, 0.1) is 12.5 Å². The first-order valence-corrected chi connectivity index (χ1v) is 12.1. The number of anilines is 1. The number of hydrogen-bond donors (Lipinski definition) is 1. The van der Waals surface area contributed by atoms with Gasteiger partial charge in [0.25, 0.3) is 0 Å². The first-order valence-electron chi connectivity index (χ1n) is 11.3. The van der Waals surface area contributed by atoms with E-state index >= 15 is 0 Å². The summed E-state index contributed by atoms with van der Waals surface area (Å²) in [5.41, 5.74) is 3.21. The minimum absolute atomic E-state index is 0.110. The molecule has 0 spiro atoms. The number of benzene rings is 2. The molecule has 2 aromatic carbocycles. The van der Waals surface area contributed by atoms with Gasteiger partial charge >= 0.3 is 0 Å². The molecule has 1 saturated heterocycles. The Morgan fingerprint density at radius 2 is 1.70 bits per heavy atom. The van der Waals surface area contributed by atoms with E-state index < -0.39 is 0 Å². The maximum atomic E-state index is 13.1. The number of nitrogens with one attached hydrogen (secondary N) is 1. The quantitative estimate of drug-likeness (QED) is 0.577. The predicted octanol–water partition coefficient (Wildman–Crippen LogP) is 3.79. The highest BCUT2D eigenvalue weighted by molar-refractivity contribution is 7.18. The highest BCUT2D eigenvalue weighted by atomic mass is 32.1. The van der Waals surface area contributed by atoms with E-state index in [2.05, 4.69) is 20.4 Å². The molecule has 3 aromatic rings. The van der Waals surface area contributed by atoms with Crippen LogP contribution in [-0.4, -0.2) is 64.5 Å². The van der Waals surface area contributed by atoms with Crippen molar-refractivity contribution in [2.75, 3.05) is 38.0 Å². The van der Waals surface area contributed by atoms with Gasteiger partial charge in [0.15, 0.2) is 0 Å². The molecule has 33 heavy (non-hydrogen) atoms. The largest absolute Gasteiger partial charge is 0.340 e. The number of carbonyl (C=O) groups excluding carboxylic acids is 2. The summed E-state index contributed by atoms with van der Waals surface area (Å²) in [5.74, 6) is -0.0516. The Hall–Kier alpha value is -3.10. The van der Waals surface area contributed by atoms with E-state index in [-0.39, 0.29) is 24.3 Å². The molecule has 1 unspecified atom stereocenters. The van der Waals surface area contributed by atoms with Crippen LogP contribution in [0.2, 0.25) is 0 Å². The average molecular weight is 464 g/mol. The van der Waals surface area contributed by atoms with E-state index in [4.69, 9.17) is 0 Å². The second kappa shape index (κ2) is 10.7. The zero-order chi connectivity index (χ0) is 23.2. The minimum atomic E-state index is -0.113. The molecular formula is C25H29N5O2S. The number of nitrogens with zero attached hydrogens (tertiary/aromatic N) is 4. The van der Waals surface area contributed by atoms with Crippen LogP contribution in [0.4, 0.5) is 5.13 Å². The summed E-state index contributed by atoms with van der Waals surface area (Å²) in [5, 5.41) is 12.5. The lowest BCUT2D eigenvalue weighted by molar-refractivity contribution is -0.134. The zero-order valence-corrected chi connectivity index (χ0v) is 19.8. The van der Waals surface area contributed by atoms with Crippen LogP contribution in [0.1, 0.15) is 30.4 Å². The van der Waals surface area contributed by atoms with Gasteiger partial charge in [-0.1, -0.05) is 72.9 Å². The molecule has 4 rings (SSSR count). The maximum Gasteiger partial charge on any atom is 0.240 e. The Bertz CT molecular complexity index is 1090. The van der Waals surface area contributed by atoms with Crippen molar-refractivity contribution in [1.29, 1.82) is 0 Å². The molecule has 1 fully saturated rings. The first kappa shape index (κ1) is 23.1. The molecule has 0 bridgehead atoms. The third-order valence-corrected chi connectivity index (χ3v) is 6.88. The second-order valence-corrected chi connectivity index (χ2v) is 9.23. The van der Waals surface area contributed by atoms with Gasteiger partial charge in [0, 0.05) is 31.7 Å². The summed E-state index contributed by atoms with van der Waals surface area (Å²) >= 11 is 1.37. The monoisotopic (exact) mass is 463 g/mol. The SMILES string of the molecule is CCC(C(=O)N1CCN(CC(=O)Nc2nnc(-c3ccccc3C)s2)CC1)c1ccccc1. The summed E-state index contributed by atoms with van der Waals surface area (Å²) in [7, 11) is 0. The summed E-state index contributed by atoms with van der Waals surface area (Å²) < 4.78 is 0. The molecule has 0 aliphatic carbocycles. The van der Waals surface area contributed by atoms with E-state index in [0.717, 1.165) is 28.1 Å². The van der Waals surface area contributed by atoms with Crippen molar-refractivity contribution in [3.63, 3.8) is 0 Å². The molecule has 8 heteroatoms. The Kier molecular flexibility index (Phi) is 7.47. The third kappa shape index (κ3) is 5.64. The number of aryl methyl sites for hydroxylation is 1. The summed E-state index contributed by atoms with van der Waals surface area (Å²) in [4.78, 5) is 29.6. The first-order chi connectivity index (χ1) is 16.0. The summed E-state index contributed by atoms with van der Waals surface area (Å²) in [6.07, 6.45) is 0.776. The molecule has 1 aromatic heterocycles. The maximum absolute atomic E-state index is 13.1. The van der Waals surface area contributed by atoms with Gasteiger partial charge in [0.2, 0.25) is 16.9 Å². The van der Waals surface area contributed by atoms with Crippen LogP contribution in [0.3, 0.4) is 0 Å². The molecule has 1 aliphatic rings. The van der Waals surface area contributed by atoms with Crippen LogP contribution in [0.5, 0.6) is 0 Å². The van der Waals surface area contributed by atoms with E-state index in [1.165, 1.54) is 11.3 Å². The van der Waals surface area contributed by atoms with Gasteiger partial charge in [-0.3, -0.25) is 19.8 Å². The molecule has 2 amide bonds. The van der Waals surface area contributed by atoms with Gasteiger partial charge in [0.1, 0.15) is 5.01 Å². The lowest BCUT2D eigenvalue weighted by Crippen LogP contribution is -2.51. The number of carbonyl (C=O) groups is 2. The molecule has 7 nitrogen and oxygen atoms in total. The van der Waals surface area contributed by atoms with Gasteiger partial charge in [-0.05, 0) is 24.5 Å². The summed E-state index contributed by atoms with van der Waals surface area (Å²) in [6, 6.07) is 17.9. The topological polar surface area (TPSA) is 78.4 Å². The second-order valence-electron chi connectivity index (χ2n) is 8.25. The lowest BCUT2D eigenvalue weighted by atomic mass is 9.95. The lowest BCUT2D eigenvalue weighted by Gasteiger charge is -2.36. The molecule has 1 atom stereocenters. The smallest absolute Gasteiger partial charge is 0.240 e. The average Bonchev–Trinajstić information content (AvgIpc) is 3.29. The molecule has 0 saturated carbocycles. The fourth-order valence-corrected chi connectivity index (χ4v) is 4.99. The van der Waals surface area contributed by atoms with Gasteiger partial charge in [-0.15, -0.1) is 10.2 Å². The molecule has 2 heterocycles. The number of aromatic nitrogens is 2. The molecule has 1 aliphatic heterocycles. The van der Waals surface area contributed by atoms with E-state index in [0.29, 0.717) is 31.3 Å². The Morgan fingerprint density at radius 3 is 2.39 bits per heavy atom. The fraction of sp³-hybridized carbons (Fsp3) is 0.360. The van der Waals surface area contributed by atoms with Gasteiger partial charge in [-0.25, -0.2) is 0 Å². The molecule has 0 radical (unpaired) electrons. The number of hydrogen-bond acceptors (Lipinski definition) is 6. The van der Waals surface area contributed by atoms with Crippen molar-refractivity contribution in [3.8, 4) is 10.6 Å². The normalized spacial score (nSPS) is 15.3. The van der Waals surface area contributed by atoms with E-state index in [9.17, 15) is 9.59 Å². The Morgan fingerprint density at radius 1 is 1.00 bits per heavy atom. The van der Waals surface area contributed by atoms with Gasteiger partial charge < -0.3 is 4.90 Å². The van der Waals surface area contributed by atoms with Crippen molar-refractivity contribution in [3.05, 3.63) is 65.7 Å². The van der Waals surface area contributed by atoms with Crippen molar-refractivity contribution >= 4 is 28.3 Å².